The van der Waals surface area contributed by atoms with Crippen molar-refractivity contribution in [2.75, 3.05) is 19.1 Å². The molecular weight excluding hydrogens is 224 g/mol. The highest BCUT2D eigenvalue weighted by molar-refractivity contribution is 5.64. The SMILES string of the molecule is COc1ccc(N(C)c2cccc(C#N)c2)cc1. The minimum Gasteiger partial charge on any atom is -0.497 e. The van der Waals surface area contributed by atoms with Crippen LogP contribution in [0.5, 0.6) is 5.75 Å². The molecule has 3 nitrogen and oxygen atoms in total. The molecule has 0 unspecified atom stereocenters. The summed E-state index contributed by atoms with van der Waals surface area (Å²) in [5.41, 5.74) is 2.69. The topological polar surface area (TPSA) is 36.3 Å². The molecular formula is C15H14N2O. The van der Waals surface area contributed by atoms with Gasteiger partial charge >= 0.3 is 0 Å². The number of rotatable bonds is 3. The van der Waals surface area contributed by atoms with E-state index in [4.69, 9.17) is 10.00 Å². The number of anilines is 2. The van der Waals surface area contributed by atoms with Gasteiger partial charge in [-0.15, -0.1) is 0 Å². The molecule has 90 valence electrons. The zero-order chi connectivity index (χ0) is 13.0. The molecule has 0 saturated heterocycles. The summed E-state index contributed by atoms with van der Waals surface area (Å²) in [5.74, 6) is 0.831. The molecule has 0 aliphatic heterocycles. The van der Waals surface area contributed by atoms with E-state index in [0.29, 0.717) is 5.56 Å². The molecule has 3 heteroatoms. The Bertz CT molecular complexity index is 570. The molecule has 0 N–H and O–H groups in total. The van der Waals surface area contributed by atoms with Gasteiger partial charge in [0.15, 0.2) is 0 Å². The van der Waals surface area contributed by atoms with E-state index in [0.717, 1.165) is 17.1 Å². The Hall–Kier alpha value is -2.47. The minimum absolute atomic E-state index is 0.660. The lowest BCUT2D eigenvalue weighted by molar-refractivity contribution is 0.415. The predicted molar refractivity (Wildman–Crippen MR) is 72.2 cm³/mol. The van der Waals surface area contributed by atoms with Crippen LogP contribution in [0.25, 0.3) is 0 Å². The molecule has 0 fully saturated rings. The van der Waals surface area contributed by atoms with Gasteiger partial charge in [0, 0.05) is 18.4 Å². The van der Waals surface area contributed by atoms with Crippen LogP contribution in [0.3, 0.4) is 0 Å². The molecule has 0 radical (unpaired) electrons. The zero-order valence-corrected chi connectivity index (χ0v) is 10.4. The molecule has 0 heterocycles. The summed E-state index contributed by atoms with van der Waals surface area (Å²) in [4.78, 5) is 2.03. The Morgan fingerprint density at radius 3 is 2.39 bits per heavy atom. The van der Waals surface area contributed by atoms with Crippen LogP contribution < -0.4 is 9.64 Å². The summed E-state index contributed by atoms with van der Waals surface area (Å²) in [5, 5.41) is 8.90. The average Bonchev–Trinajstić information content (AvgIpc) is 2.46. The van der Waals surface area contributed by atoms with Crippen molar-refractivity contribution in [3.8, 4) is 11.8 Å². The van der Waals surface area contributed by atoms with Crippen LogP contribution in [-0.4, -0.2) is 14.2 Å². The summed E-state index contributed by atoms with van der Waals surface area (Å²) in [7, 11) is 3.62. The van der Waals surface area contributed by atoms with Crippen molar-refractivity contribution in [1.82, 2.24) is 0 Å². The Balaban J connectivity index is 2.29. The van der Waals surface area contributed by atoms with Crippen LogP contribution in [0.2, 0.25) is 0 Å². The minimum atomic E-state index is 0.660. The fraction of sp³-hybridized carbons (Fsp3) is 0.133. The van der Waals surface area contributed by atoms with E-state index in [2.05, 4.69) is 6.07 Å². The fourth-order valence-electron chi connectivity index (χ4n) is 1.74. The van der Waals surface area contributed by atoms with E-state index in [-0.39, 0.29) is 0 Å². The summed E-state index contributed by atoms with van der Waals surface area (Å²) >= 11 is 0. The van der Waals surface area contributed by atoms with E-state index < -0.39 is 0 Å². The van der Waals surface area contributed by atoms with Gasteiger partial charge in [0.25, 0.3) is 0 Å². The highest BCUT2D eigenvalue weighted by Gasteiger charge is 2.04. The first-order valence-corrected chi connectivity index (χ1v) is 5.62. The Kier molecular flexibility index (Phi) is 3.49. The molecule has 0 aliphatic rings. The number of hydrogen-bond acceptors (Lipinski definition) is 3. The van der Waals surface area contributed by atoms with E-state index in [1.807, 2.05) is 54.4 Å². The van der Waals surface area contributed by atoms with Crippen molar-refractivity contribution in [3.63, 3.8) is 0 Å². The summed E-state index contributed by atoms with van der Waals surface area (Å²) in [6, 6.07) is 17.5. The largest absolute Gasteiger partial charge is 0.497 e. The Morgan fingerprint density at radius 2 is 1.78 bits per heavy atom. The number of nitrogens with zero attached hydrogens (tertiary/aromatic N) is 2. The number of methoxy groups -OCH3 is 1. The van der Waals surface area contributed by atoms with Gasteiger partial charge in [0.1, 0.15) is 5.75 Å². The van der Waals surface area contributed by atoms with Gasteiger partial charge in [0.05, 0.1) is 18.7 Å². The number of ether oxygens (including phenoxy) is 1. The monoisotopic (exact) mass is 238 g/mol. The van der Waals surface area contributed by atoms with Crippen molar-refractivity contribution < 1.29 is 4.74 Å². The lowest BCUT2D eigenvalue weighted by Crippen LogP contribution is -2.09. The molecule has 0 aromatic heterocycles. The lowest BCUT2D eigenvalue weighted by Gasteiger charge is -2.19. The van der Waals surface area contributed by atoms with E-state index in [1.165, 1.54) is 0 Å². The molecule has 2 aromatic carbocycles. The van der Waals surface area contributed by atoms with Crippen molar-refractivity contribution in [3.05, 3.63) is 54.1 Å². The Morgan fingerprint density at radius 1 is 1.06 bits per heavy atom. The normalized spacial score (nSPS) is 9.61. The molecule has 0 aliphatic carbocycles. The third-order valence-electron chi connectivity index (χ3n) is 2.82. The lowest BCUT2D eigenvalue weighted by atomic mass is 10.2. The molecule has 0 amide bonds. The summed E-state index contributed by atoms with van der Waals surface area (Å²) in [6.07, 6.45) is 0. The van der Waals surface area contributed by atoms with Crippen LogP contribution in [0, 0.1) is 11.3 Å². The average molecular weight is 238 g/mol. The molecule has 0 bridgehead atoms. The van der Waals surface area contributed by atoms with E-state index >= 15 is 0 Å². The summed E-state index contributed by atoms with van der Waals surface area (Å²) < 4.78 is 5.13. The third-order valence-corrected chi connectivity index (χ3v) is 2.82. The second-order valence-corrected chi connectivity index (χ2v) is 3.92. The number of hydrogen-bond donors (Lipinski definition) is 0. The van der Waals surface area contributed by atoms with Crippen molar-refractivity contribution >= 4 is 11.4 Å². The third kappa shape index (κ3) is 2.44. The van der Waals surface area contributed by atoms with Crippen molar-refractivity contribution in [2.24, 2.45) is 0 Å². The first-order chi connectivity index (χ1) is 8.74. The second kappa shape index (κ2) is 5.24. The van der Waals surface area contributed by atoms with E-state index in [1.54, 1.807) is 13.2 Å². The van der Waals surface area contributed by atoms with E-state index in [9.17, 15) is 0 Å². The first-order valence-electron chi connectivity index (χ1n) is 5.62. The molecule has 18 heavy (non-hydrogen) atoms. The molecule has 0 spiro atoms. The predicted octanol–water partition coefficient (Wildman–Crippen LogP) is 3.33. The maximum atomic E-state index is 8.90. The van der Waals surface area contributed by atoms with Crippen LogP contribution in [-0.2, 0) is 0 Å². The highest BCUT2D eigenvalue weighted by atomic mass is 16.5. The molecule has 2 rings (SSSR count). The van der Waals surface area contributed by atoms with Crippen molar-refractivity contribution in [1.29, 1.82) is 5.26 Å². The van der Waals surface area contributed by atoms with Crippen LogP contribution in [0.15, 0.2) is 48.5 Å². The van der Waals surface area contributed by atoms with Gasteiger partial charge in [-0.1, -0.05) is 6.07 Å². The van der Waals surface area contributed by atoms with Gasteiger partial charge < -0.3 is 9.64 Å². The maximum Gasteiger partial charge on any atom is 0.119 e. The molecule has 0 saturated carbocycles. The molecule has 0 atom stereocenters. The van der Waals surface area contributed by atoms with Gasteiger partial charge in [-0.2, -0.15) is 5.26 Å². The number of benzene rings is 2. The van der Waals surface area contributed by atoms with Gasteiger partial charge in [-0.25, -0.2) is 0 Å². The van der Waals surface area contributed by atoms with Crippen LogP contribution in [0.1, 0.15) is 5.56 Å². The first kappa shape index (κ1) is 12.0. The maximum absolute atomic E-state index is 8.90. The van der Waals surface area contributed by atoms with Gasteiger partial charge in [-0.05, 0) is 42.5 Å². The quantitative estimate of drug-likeness (QED) is 0.822. The highest BCUT2D eigenvalue weighted by Crippen LogP contribution is 2.25. The Labute approximate surface area is 107 Å². The van der Waals surface area contributed by atoms with Gasteiger partial charge in [-0.3, -0.25) is 0 Å². The second-order valence-electron chi connectivity index (χ2n) is 3.92. The molecule has 2 aromatic rings. The smallest absolute Gasteiger partial charge is 0.119 e. The summed E-state index contributed by atoms with van der Waals surface area (Å²) in [6.45, 7) is 0. The van der Waals surface area contributed by atoms with Crippen LogP contribution >= 0.6 is 0 Å². The van der Waals surface area contributed by atoms with Gasteiger partial charge in [0.2, 0.25) is 0 Å². The fourth-order valence-corrected chi connectivity index (χ4v) is 1.74. The zero-order valence-electron chi connectivity index (χ0n) is 10.4. The van der Waals surface area contributed by atoms with Crippen LogP contribution in [0.4, 0.5) is 11.4 Å². The van der Waals surface area contributed by atoms with Crippen molar-refractivity contribution in [2.45, 2.75) is 0 Å². The number of nitriles is 1. The standard InChI is InChI=1S/C15H14N2O/c1-17(13-6-8-15(18-2)9-7-13)14-5-3-4-12(10-14)11-16/h3-10H,1-2H3.